The molecule has 0 N–H and O–H groups in total. The van der Waals surface area contributed by atoms with E-state index in [2.05, 4.69) is 4.90 Å². The molecule has 1 atom stereocenters. The summed E-state index contributed by atoms with van der Waals surface area (Å²) in [6.45, 7) is 8.07. The van der Waals surface area contributed by atoms with Crippen LogP contribution in [0.5, 0.6) is 5.75 Å². The van der Waals surface area contributed by atoms with Crippen molar-refractivity contribution in [1.29, 1.82) is 0 Å². The monoisotopic (exact) mass is 332 g/mol. The number of amides is 1. The highest BCUT2D eigenvalue weighted by molar-refractivity contribution is 5.78. The van der Waals surface area contributed by atoms with Crippen molar-refractivity contribution in [1.82, 2.24) is 9.80 Å². The lowest BCUT2D eigenvalue weighted by atomic mass is 10.1. The predicted octanol–water partition coefficient (Wildman–Crippen LogP) is 1.95. The van der Waals surface area contributed by atoms with Gasteiger partial charge in [0.1, 0.15) is 5.75 Å². The van der Waals surface area contributed by atoms with E-state index in [9.17, 15) is 4.79 Å². The lowest BCUT2D eigenvalue weighted by Crippen LogP contribution is -2.40. The van der Waals surface area contributed by atoms with Gasteiger partial charge in [0.2, 0.25) is 5.91 Å². The van der Waals surface area contributed by atoms with Crippen LogP contribution in [0.3, 0.4) is 0 Å². The molecule has 1 amide bonds. The van der Waals surface area contributed by atoms with Crippen LogP contribution >= 0.6 is 0 Å². The second-order valence-corrected chi connectivity index (χ2v) is 6.54. The molecule has 2 aliphatic heterocycles. The lowest BCUT2D eigenvalue weighted by Gasteiger charge is -2.26. The van der Waals surface area contributed by atoms with E-state index in [-0.39, 0.29) is 5.91 Å². The normalized spacial score (nSPS) is 22.4. The second-order valence-electron chi connectivity index (χ2n) is 6.54. The van der Waals surface area contributed by atoms with E-state index in [4.69, 9.17) is 9.47 Å². The largest absolute Gasteiger partial charge is 0.494 e. The second kappa shape index (κ2) is 8.49. The molecule has 5 heteroatoms. The zero-order valence-electron chi connectivity index (χ0n) is 14.6. The molecule has 2 saturated heterocycles. The summed E-state index contributed by atoms with van der Waals surface area (Å²) in [5, 5.41) is 0. The average molecular weight is 332 g/mol. The summed E-state index contributed by atoms with van der Waals surface area (Å²) in [5.41, 5.74) is 1.05. The fourth-order valence-corrected chi connectivity index (χ4v) is 3.52. The fourth-order valence-electron chi connectivity index (χ4n) is 3.52. The Balaban J connectivity index is 1.51. The fraction of sp³-hybridized carbons (Fsp3) is 0.632. The van der Waals surface area contributed by atoms with Crippen molar-refractivity contribution >= 4 is 5.91 Å². The van der Waals surface area contributed by atoms with Gasteiger partial charge in [0.25, 0.3) is 0 Å². The van der Waals surface area contributed by atoms with Crippen LogP contribution in [0.1, 0.15) is 25.3 Å². The van der Waals surface area contributed by atoms with E-state index >= 15 is 0 Å². The molecule has 2 fully saturated rings. The average Bonchev–Trinajstić information content (AvgIpc) is 3.01. The topological polar surface area (TPSA) is 42.0 Å². The molecule has 5 nitrogen and oxygen atoms in total. The van der Waals surface area contributed by atoms with Gasteiger partial charge < -0.3 is 14.4 Å². The quantitative estimate of drug-likeness (QED) is 0.826. The summed E-state index contributed by atoms with van der Waals surface area (Å²) in [6.07, 6.45) is 2.64. The van der Waals surface area contributed by atoms with Crippen LogP contribution in [-0.2, 0) is 16.0 Å². The molecule has 0 bridgehead atoms. The highest BCUT2D eigenvalue weighted by atomic mass is 16.5. The molecule has 132 valence electrons. The molecule has 0 aromatic heterocycles. The molecule has 1 unspecified atom stereocenters. The Morgan fingerprint density at radius 3 is 2.75 bits per heavy atom. The minimum Gasteiger partial charge on any atom is -0.494 e. The van der Waals surface area contributed by atoms with Gasteiger partial charge in [0.15, 0.2) is 0 Å². The maximum absolute atomic E-state index is 12.6. The maximum atomic E-state index is 12.6. The van der Waals surface area contributed by atoms with Gasteiger partial charge in [-0.2, -0.15) is 0 Å². The summed E-state index contributed by atoms with van der Waals surface area (Å²) >= 11 is 0. The van der Waals surface area contributed by atoms with Crippen molar-refractivity contribution < 1.29 is 14.3 Å². The smallest absolute Gasteiger partial charge is 0.227 e. The van der Waals surface area contributed by atoms with E-state index in [0.29, 0.717) is 19.1 Å². The Bertz CT molecular complexity index is 526. The Kier molecular flexibility index (Phi) is 6.10. The summed E-state index contributed by atoms with van der Waals surface area (Å²) in [4.78, 5) is 17.1. The van der Waals surface area contributed by atoms with E-state index in [0.717, 1.165) is 63.5 Å². The molecule has 1 aromatic carbocycles. The van der Waals surface area contributed by atoms with Crippen molar-refractivity contribution in [3.8, 4) is 5.75 Å². The Hall–Kier alpha value is -1.59. The first-order chi connectivity index (χ1) is 11.8. The van der Waals surface area contributed by atoms with Crippen LogP contribution in [0.2, 0.25) is 0 Å². The Morgan fingerprint density at radius 1 is 1.21 bits per heavy atom. The number of nitrogens with zero attached hydrogens (tertiary/aromatic N) is 2. The van der Waals surface area contributed by atoms with E-state index in [1.807, 2.05) is 36.1 Å². The molecule has 0 saturated carbocycles. The third-order valence-corrected chi connectivity index (χ3v) is 4.89. The van der Waals surface area contributed by atoms with Crippen LogP contribution in [0, 0.1) is 0 Å². The molecule has 24 heavy (non-hydrogen) atoms. The lowest BCUT2D eigenvalue weighted by molar-refractivity contribution is -0.130. The number of hydrogen-bond donors (Lipinski definition) is 0. The van der Waals surface area contributed by atoms with Gasteiger partial charge in [-0.1, -0.05) is 12.1 Å². The van der Waals surface area contributed by atoms with E-state index in [1.165, 1.54) is 0 Å². The van der Waals surface area contributed by atoms with Crippen LogP contribution in [0.15, 0.2) is 24.3 Å². The van der Waals surface area contributed by atoms with Crippen molar-refractivity contribution in [3.63, 3.8) is 0 Å². The molecular formula is C19H28N2O3. The Labute approximate surface area is 144 Å². The molecule has 1 aromatic rings. The van der Waals surface area contributed by atoms with Crippen LogP contribution in [0.4, 0.5) is 0 Å². The van der Waals surface area contributed by atoms with Crippen molar-refractivity contribution in [2.24, 2.45) is 0 Å². The number of rotatable bonds is 5. The summed E-state index contributed by atoms with van der Waals surface area (Å²) in [6, 6.07) is 8.41. The van der Waals surface area contributed by atoms with Crippen molar-refractivity contribution in [2.75, 3.05) is 46.0 Å². The number of benzene rings is 1. The zero-order chi connectivity index (χ0) is 16.8. The zero-order valence-corrected chi connectivity index (χ0v) is 14.6. The molecule has 3 rings (SSSR count). The first-order valence-electron chi connectivity index (χ1n) is 9.07. The summed E-state index contributed by atoms with van der Waals surface area (Å²) in [7, 11) is 0. The van der Waals surface area contributed by atoms with Gasteiger partial charge in [-0.3, -0.25) is 9.69 Å². The predicted molar refractivity (Wildman–Crippen MR) is 93.3 cm³/mol. The van der Waals surface area contributed by atoms with Gasteiger partial charge in [0, 0.05) is 38.8 Å². The van der Waals surface area contributed by atoms with E-state index < -0.39 is 0 Å². The molecule has 0 spiro atoms. The minimum atomic E-state index is 0.226. The van der Waals surface area contributed by atoms with Gasteiger partial charge in [-0.15, -0.1) is 0 Å². The number of carbonyl (C=O) groups is 1. The first-order valence-corrected chi connectivity index (χ1v) is 9.07. The standard InChI is InChI=1S/C19H28N2O3/c1-2-24-18-6-4-16(5-7-18)14-19(22)21-10-3-9-20(11-12-21)17-8-13-23-15-17/h4-7,17H,2-3,8-15H2,1H3. The summed E-state index contributed by atoms with van der Waals surface area (Å²) in [5.74, 6) is 1.08. The number of ether oxygens (including phenoxy) is 2. The first kappa shape index (κ1) is 17.2. The highest BCUT2D eigenvalue weighted by Gasteiger charge is 2.26. The van der Waals surface area contributed by atoms with Gasteiger partial charge in [0.05, 0.1) is 19.6 Å². The van der Waals surface area contributed by atoms with E-state index in [1.54, 1.807) is 0 Å². The van der Waals surface area contributed by atoms with Gasteiger partial charge >= 0.3 is 0 Å². The van der Waals surface area contributed by atoms with Crippen LogP contribution in [0.25, 0.3) is 0 Å². The highest BCUT2D eigenvalue weighted by Crippen LogP contribution is 2.17. The summed E-state index contributed by atoms with van der Waals surface area (Å²) < 4.78 is 10.9. The molecule has 0 aliphatic carbocycles. The third-order valence-electron chi connectivity index (χ3n) is 4.89. The number of carbonyl (C=O) groups excluding carboxylic acids is 1. The van der Waals surface area contributed by atoms with Crippen LogP contribution < -0.4 is 4.74 Å². The van der Waals surface area contributed by atoms with Crippen molar-refractivity contribution in [3.05, 3.63) is 29.8 Å². The molecule has 0 radical (unpaired) electrons. The van der Waals surface area contributed by atoms with Gasteiger partial charge in [-0.05, 0) is 37.5 Å². The molecule has 2 heterocycles. The number of hydrogen-bond acceptors (Lipinski definition) is 4. The third kappa shape index (κ3) is 4.48. The van der Waals surface area contributed by atoms with Crippen LogP contribution in [-0.4, -0.2) is 67.7 Å². The molecule has 2 aliphatic rings. The Morgan fingerprint density at radius 2 is 2.04 bits per heavy atom. The van der Waals surface area contributed by atoms with Gasteiger partial charge in [-0.25, -0.2) is 0 Å². The SMILES string of the molecule is CCOc1ccc(CC(=O)N2CCCN(C3CCOC3)CC2)cc1. The van der Waals surface area contributed by atoms with Crippen molar-refractivity contribution in [2.45, 2.75) is 32.2 Å². The minimum absolute atomic E-state index is 0.226. The maximum Gasteiger partial charge on any atom is 0.227 e. The molecular weight excluding hydrogens is 304 g/mol.